The van der Waals surface area contributed by atoms with Crippen molar-refractivity contribution in [3.05, 3.63) is 87.2 Å². The molecule has 0 saturated carbocycles. The van der Waals surface area contributed by atoms with Crippen LogP contribution in [0.1, 0.15) is 57.5 Å². The average Bonchev–Trinajstić information content (AvgIpc) is 3.56. The summed E-state index contributed by atoms with van der Waals surface area (Å²) in [6.07, 6.45) is 4.22. The zero-order valence-corrected chi connectivity index (χ0v) is 21.4. The fourth-order valence-electron chi connectivity index (χ4n) is 4.52. The molecule has 0 bridgehead atoms. The lowest BCUT2D eigenvalue weighted by Crippen LogP contribution is -2.29. The van der Waals surface area contributed by atoms with Gasteiger partial charge in [0, 0.05) is 37.3 Å². The van der Waals surface area contributed by atoms with Crippen LogP contribution in [0.2, 0.25) is 0 Å². The third-order valence-corrected chi connectivity index (χ3v) is 6.51. The van der Waals surface area contributed by atoms with Gasteiger partial charge in [-0.2, -0.15) is 10.4 Å². The Labute approximate surface area is 218 Å². The summed E-state index contributed by atoms with van der Waals surface area (Å²) in [6.45, 7) is 4.78. The van der Waals surface area contributed by atoms with Gasteiger partial charge in [-0.3, -0.25) is 18.8 Å². The van der Waals surface area contributed by atoms with Gasteiger partial charge in [-0.25, -0.2) is 4.98 Å². The van der Waals surface area contributed by atoms with Crippen LogP contribution in [0.25, 0.3) is 0 Å². The summed E-state index contributed by atoms with van der Waals surface area (Å²) in [5, 5.41) is 30.9. The fourth-order valence-corrected chi connectivity index (χ4v) is 4.52. The maximum atomic E-state index is 13.0. The number of benzene rings is 1. The van der Waals surface area contributed by atoms with E-state index in [2.05, 4.69) is 26.6 Å². The minimum absolute atomic E-state index is 0.241. The van der Waals surface area contributed by atoms with Crippen LogP contribution < -0.4 is 10.9 Å². The van der Waals surface area contributed by atoms with Crippen LogP contribution >= 0.6 is 0 Å². The Hall–Kier alpha value is -4.76. The normalized spacial score (nSPS) is 12.6. The van der Waals surface area contributed by atoms with Crippen molar-refractivity contribution in [2.45, 2.75) is 32.2 Å². The van der Waals surface area contributed by atoms with Crippen LogP contribution in [0, 0.1) is 18.3 Å². The molecule has 0 unspecified atom stereocenters. The molecule has 2 N–H and O–H groups in total. The first kappa shape index (κ1) is 26.3. The van der Waals surface area contributed by atoms with Gasteiger partial charge in [0.25, 0.3) is 11.5 Å². The molecule has 1 amide bonds. The van der Waals surface area contributed by atoms with Crippen LogP contribution in [-0.2, 0) is 18.3 Å². The SMILES string of the molecule is COCCn1ncc([C@@H](c2ccccc2C#N)[C@@H](C)c2nc(C(=O)Nc3cnoc3)c(O)c(=O)n2C)c1C. The van der Waals surface area contributed by atoms with E-state index in [4.69, 9.17) is 9.26 Å². The monoisotopic (exact) mass is 517 g/mol. The molecular formula is C26H27N7O5. The lowest BCUT2D eigenvalue weighted by atomic mass is 9.79. The van der Waals surface area contributed by atoms with Crippen molar-refractivity contribution in [1.29, 1.82) is 5.26 Å². The van der Waals surface area contributed by atoms with E-state index in [0.717, 1.165) is 16.8 Å². The zero-order chi connectivity index (χ0) is 27.4. The zero-order valence-electron chi connectivity index (χ0n) is 21.4. The number of nitriles is 1. The summed E-state index contributed by atoms with van der Waals surface area (Å²) in [5.74, 6) is -2.32. The molecule has 12 heteroatoms. The van der Waals surface area contributed by atoms with Crippen LogP contribution in [-0.4, -0.2) is 49.2 Å². The highest BCUT2D eigenvalue weighted by Gasteiger charge is 2.32. The highest BCUT2D eigenvalue weighted by atomic mass is 16.5. The van der Waals surface area contributed by atoms with Gasteiger partial charge in [0.15, 0.2) is 5.69 Å². The van der Waals surface area contributed by atoms with Gasteiger partial charge in [0.05, 0.1) is 37.2 Å². The number of ether oxygens (including phenoxy) is 1. The van der Waals surface area contributed by atoms with Gasteiger partial charge < -0.3 is 19.7 Å². The Balaban J connectivity index is 1.86. The van der Waals surface area contributed by atoms with E-state index in [1.54, 1.807) is 25.4 Å². The Morgan fingerprint density at radius 3 is 2.74 bits per heavy atom. The molecule has 3 aromatic heterocycles. The average molecular weight is 518 g/mol. The van der Waals surface area contributed by atoms with Crippen molar-refractivity contribution < 1.29 is 19.2 Å². The number of carbonyl (C=O) groups excluding carboxylic acids is 1. The molecule has 0 saturated heterocycles. The Kier molecular flexibility index (Phi) is 7.68. The standard InChI is InChI=1S/C26H27N7O5/c1-15(24-31-22(23(34)26(36)32(24)3)25(35)30-18-12-29-38-14-18)21(19-8-6-5-7-17(19)11-27)20-13-28-33(16(20)2)9-10-37-4/h5-8,12-15,21,34H,9-10H2,1-4H3,(H,30,35)/t15-,21-/m1/s1. The predicted octanol–water partition coefficient (Wildman–Crippen LogP) is 2.68. The number of hydrogen-bond donors (Lipinski definition) is 2. The van der Waals surface area contributed by atoms with Crippen molar-refractivity contribution in [2.24, 2.45) is 7.05 Å². The maximum Gasteiger partial charge on any atom is 0.296 e. The molecule has 196 valence electrons. The van der Waals surface area contributed by atoms with Gasteiger partial charge in [-0.1, -0.05) is 30.3 Å². The van der Waals surface area contributed by atoms with Crippen LogP contribution in [0.3, 0.4) is 0 Å². The first-order valence-electron chi connectivity index (χ1n) is 11.8. The molecule has 2 atom stereocenters. The molecule has 0 aliphatic rings. The number of methoxy groups -OCH3 is 1. The number of carbonyl (C=O) groups is 1. The number of rotatable bonds is 9. The summed E-state index contributed by atoms with van der Waals surface area (Å²) >= 11 is 0. The second kappa shape index (κ2) is 11.1. The Morgan fingerprint density at radius 1 is 1.29 bits per heavy atom. The number of anilines is 1. The van der Waals surface area contributed by atoms with Crippen LogP contribution in [0.5, 0.6) is 5.75 Å². The Morgan fingerprint density at radius 2 is 2.05 bits per heavy atom. The van der Waals surface area contributed by atoms with Crippen molar-refractivity contribution in [1.82, 2.24) is 24.5 Å². The number of hydrogen-bond acceptors (Lipinski definition) is 9. The van der Waals surface area contributed by atoms with Crippen LogP contribution in [0.4, 0.5) is 5.69 Å². The van der Waals surface area contributed by atoms with Crippen molar-refractivity contribution in [2.75, 3.05) is 19.0 Å². The molecule has 4 aromatic rings. The van der Waals surface area contributed by atoms with E-state index in [9.17, 15) is 20.0 Å². The number of nitrogens with one attached hydrogen (secondary N) is 1. The third kappa shape index (κ3) is 4.91. The molecule has 0 aliphatic heterocycles. The van der Waals surface area contributed by atoms with Crippen LogP contribution in [0.15, 0.2) is 52.2 Å². The summed E-state index contributed by atoms with van der Waals surface area (Å²) in [5.41, 5.74) is 1.90. The quantitative estimate of drug-likeness (QED) is 0.340. The van der Waals surface area contributed by atoms with E-state index < -0.39 is 34.7 Å². The van der Waals surface area contributed by atoms with E-state index in [1.807, 2.05) is 30.7 Å². The minimum atomic E-state index is -0.797. The molecule has 1 aromatic carbocycles. The van der Waals surface area contributed by atoms with Gasteiger partial charge in [0.1, 0.15) is 17.8 Å². The predicted molar refractivity (Wildman–Crippen MR) is 136 cm³/mol. The molecule has 4 rings (SSSR count). The van der Waals surface area contributed by atoms with Crippen molar-refractivity contribution in [3.8, 4) is 11.8 Å². The van der Waals surface area contributed by atoms with E-state index in [0.29, 0.717) is 18.7 Å². The number of nitrogens with zero attached hydrogens (tertiary/aromatic N) is 6. The molecule has 38 heavy (non-hydrogen) atoms. The summed E-state index contributed by atoms with van der Waals surface area (Å²) in [4.78, 5) is 30.4. The molecule has 3 heterocycles. The summed E-state index contributed by atoms with van der Waals surface area (Å²) < 4.78 is 12.9. The highest BCUT2D eigenvalue weighted by molar-refractivity contribution is 6.04. The van der Waals surface area contributed by atoms with E-state index in [-0.39, 0.29) is 11.5 Å². The van der Waals surface area contributed by atoms with Crippen molar-refractivity contribution >= 4 is 11.6 Å². The largest absolute Gasteiger partial charge is 0.501 e. The Bertz CT molecular complexity index is 1550. The topological polar surface area (TPSA) is 161 Å². The first-order chi connectivity index (χ1) is 18.3. The number of amides is 1. The summed E-state index contributed by atoms with van der Waals surface area (Å²) in [7, 11) is 3.09. The molecule has 0 spiro atoms. The third-order valence-electron chi connectivity index (χ3n) is 6.51. The molecular weight excluding hydrogens is 490 g/mol. The van der Waals surface area contributed by atoms with Crippen molar-refractivity contribution in [3.63, 3.8) is 0 Å². The molecule has 0 aliphatic carbocycles. The number of aromatic nitrogens is 5. The summed E-state index contributed by atoms with van der Waals surface area (Å²) in [6, 6.07) is 9.43. The van der Waals surface area contributed by atoms with Gasteiger partial charge >= 0.3 is 0 Å². The van der Waals surface area contributed by atoms with Gasteiger partial charge in [-0.05, 0) is 18.6 Å². The van der Waals surface area contributed by atoms with Gasteiger partial charge in [0.2, 0.25) is 5.75 Å². The first-order valence-corrected chi connectivity index (χ1v) is 11.8. The second-order valence-electron chi connectivity index (χ2n) is 8.77. The highest BCUT2D eigenvalue weighted by Crippen LogP contribution is 2.40. The molecule has 0 radical (unpaired) electrons. The number of aromatic hydroxyl groups is 1. The lowest BCUT2D eigenvalue weighted by Gasteiger charge is -2.27. The second-order valence-corrected chi connectivity index (χ2v) is 8.77. The molecule has 12 nitrogen and oxygen atoms in total. The minimum Gasteiger partial charge on any atom is -0.501 e. The van der Waals surface area contributed by atoms with E-state index in [1.165, 1.54) is 24.1 Å². The molecule has 0 fully saturated rings. The fraction of sp³-hybridized carbons (Fsp3) is 0.308. The smallest absolute Gasteiger partial charge is 0.296 e. The lowest BCUT2D eigenvalue weighted by molar-refractivity contribution is 0.101. The maximum absolute atomic E-state index is 13.0. The van der Waals surface area contributed by atoms with Gasteiger partial charge in [-0.15, -0.1) is 0 Å². The van der Waals surface area contributed by atoms with E-state index >= 15 is 0 Å².